The van der Waals surface area contributed by atoms with Gasteiger partial charge in [-0.25, -0.2) is 4.79 Å². The summed E-state index contributed by atoms with van der Waals surface area (Å²) in [4.78, 5) is 38.8. The minimum Gasteiger partial charge on any atom is -0.481 e. The van der Waals surface area contributed by atoms with Crippen LogP contribution in [0.15, 0.2) is 48.5 Å². The number of fused-ring (bicyclic) bond motifs is 3. The predicted molar refractivity (Wildman–Crippen MR) is 131 cm³/mol. The minimum atomic E-state index is -0.867. The highest BCUT2D eigenvalue weighted by molar-refractivity contribution is 5.81. The highest BCUT2D eigenvalue weighted by Gasteiger charge is 2.37. The summed E-state index contributed by atoms with van der Waals surface area (Å²) in [5, 5.41) is 12.1. The average molecular weight is 477 g/mol. The number of hydrogen-bond acceptors (Lipinski definition) is 4. The molecule has 7 heteroatoms. The first-order valence-electron chi connectivity index (χ1n) is 12.6. The number of carbonyl (C=O) groups excluding carboxylic acids is 2. The molecule has 3 aliphatic rings. The Hall–Kier alpha value is -3.35. The summed E-state index contributed by atoms with van der Waals surface area (Å²) in [6, 6.07) is 16.1. The van der Waals surface area contributed by atoms with Crippen molar-refractivity contribution in [1.82, 2.24) is 10.2 Å². The standard InChI is InChI=1S/C28H32N2O5/c31-26(32)16-20-9-6-14-30(20)27(33)18-7-5-8-19(15-18)29-28(34)35-17-25-23-12-3-1-10-21(23)22-11-2-4-13-24(22)25/h1-4,10-13,18-20,25H,5-9,14-17H2,(H,29,34)(H,31,32)/t18-,19-,20+/m1/s1. The molecule has 0 aromatic heterocycles. The molecule has 184 valence electrons. The molecular formula is C28H32N2O5. The second kappa shape index (κ2) is 10.1. The first kappa shape index (κ1) is 23.4. The number of alkyl carbamates (subject to hydrolysis) is 1. The van der Waals surface area contributed by atoms with Crippen molar-refractivity contribution >= 4 is 18.0 Å². The molecule has 5 rings (SSSR count). The molecule has 0 radical (unpaired) electrons. The molecule has 1 saturated carbocycles. The van der Waals surface area contributed by atoms with Crippen molar-refractivity contribution in [1.29, 1.82) is 0 Å². The monoisotopic (exact) mass is 476 g/mol. The van der Waals surface area contributed by atoms with Gasteiger partial charge in [-0.3, -0.25) is 9.59 Å². The molecule has 1 saturated heterocycles. The lowest BCUT2D eigenvalue weighted by Crippen LogP contribution is -2.45. The van der Waals surface area contributed by atoms with E-state index >= 15 is 0 Å². The van der Waals surface area contributed by atoms with Crippen LogP contribution in [0.1, 0.15) is 62.0 Å². The summed E-state index contributed by atoms with van der Waals surface area (Å²) < 4.78 is 5.69. The van der Waals surface area contributed by atoms with Crippen LogP contribution in [0.4, 0.5) is 4.79 Å². The van der Waals surface area contributed by atoms with Crippen LogP contribution in [0.3, 0.4) is 0 Å². The number of aliphatic carboxylic acids is 1. The number of amides is 2. The van der Waals surface area contributed by atoms with E-state index in [0.717, 1.165) is 32.1 Å². The molecule has 1 heterocycles. The molecule has 2 fully saturated rings. The summed E-state index contributed by atoms with van der Waals surface area (Å²) in [5.41, 5.74) is 4.72. The normalized spacial score (nSPS) is 23.4. The molecule has 7 nitrogen and oxygen atoms in total. The van der Waals surface area contributed by atoms with Crippen LogP contribution >= 0.6 is 0 Å². The van der Waals surface area contributed by atoms with E-state index in [0.29, 0.717) is 13.0 Å². The first-order valence-corrected chi connectivity index (χ1v) is 12.6. The van der Waals surface area contributed by atoms with Crippen LogP contribution in [0, 0.1) is 5.92 Å². The van der Waals surface area contributed by atoms with Gasteiger partial charge in [-0.1, -0.05) is 55.0 Å². The molecule has 3 atom stereocenters. The number of carbonyl (C=O) groups is 3. The Morgan fingerprint density at radius 3 is 2.31 bits per heavy atom. The molecule has 0 bridgehead atoms. The van der Waals surface area contributed by atoms with Gasteiger partial charge in [-0.05, 0) is 54.4 Å². The molecule has 2 aromatic carbocycles. The van der Waals surface area contributed by atoms with Crippen molar-refractivity contribution in [2.24, 2.45) is 5.92 Å². The molecule has 2 aromatic rings. The third kappa shape index (κ3) is 4.90. The lowest BCUT2D eigenvalue weighted by molar-refractivity contribution is -0.142. The maximum Gasteiger partial charge on any atom is 0.407 e. The van der Waals surface area contributed by atoms with Crippen LogP contribution in [-0.4, -0.2) is 53.2 Å². The zero-order chi connectivity index (χ0) is 24.4. The zero-order valence-electron chi connectivity index (χ0n) is 19.8. The molecule has 2 aliphatic carbocycles. The van der Waals surface area contributed by atoms with Crippen molar-refractivity contribution in [2.75, 3.05) is 13.2 Å². The van der Waals surface area contributed by atoms with Gasteiger partial charge in [0.25, 0.3) is 0 Å². The van der Waals surface area contributed by atoms with Crippen molar-refractivity contribution in [3.05, 3.63) is 59.7 Å². The number of rotatable bonds is 6. The zero-order valence-corrected chi connectivity index (χ0v) is 19.8. The van der Waals surface area contributed by atoms with Gasteiger partial charge in [0.05, 0.1) is 6.42 Å². The second-order valence-corrected chi connectivity index (χ2v) is 9.96. The van der Waals surface area contributed by atoms with Crippen molar-refractivity contribution in [3.63, 3.8) is 0 Å². The van der Waals surface area contributed by atoms with Gasteiger partial charge in [0.1, 0.15) is 6.61 Å². The highest BCUT2D eigenvalue weighted by Crippen LogP contribution is 2.44. The number of likely N-dealkylation sites (tertiary alicyclic amines) is 1. The van der Waals surface area contributed by atoms with E-state index < -0.39 is 12.1 Å². The highest BCUT2D eigenvalue weighted by atomic mass is 16.5. The summed E-state index contributed by atoms with van der Waals surface area (Å²) in [6.07, 6.45) is 4.14. The Balaban J connectivity index is 1.17. The van der Waals surface area contributed by atoms with E-state index in [-0.39, 0.29) is 42.9 Å². The molecule has 35 heavy (non-hydrogen) atoms. The van der Waals surface area contributed by atoms with Gasteiger partial charge >= 0.3 is 12.1 Å². The maximum atomic E-state index is 13.1. The average Bonchev–Trinajstić information content (AvgIpc) is 3.44. The van der Waals surface area contributed by atoms with Gasteiger partial charge in [0, 0.05) is 30.5 Å². The van der Waals surface area contributed by atoms with Crippen LogP contribution in [0.5, 0.6) is 0 Å². The van der Waals surface area contributed by atoms with Gasteiger partial charge in [-0.15, -0.1) is 0 Å². The third-order valence-corrected chi connectivity index (χ3v) is 7.76. The maximum absolute atomic E-state index is 13.1. The smallest absolute Gasteiger partial charge is 0.407 e. The minimum absolute atomic E-state index is 0.000111. The molecule has 0 unspecified atom stereocenters. The number of carboxylic acids is 1. The van der Waals surface area contributed by atoms with E-state index in [9.17, 15) is 14.4 Å². The Kier molecular flexibility index (Phi) is 6.75. The topological polar surface area (TPSA) is 95.9 Å². The van der Waals surface area contributed by atoms with E-state index in [2.05, 4.69) is 29.6 Å². The van der Waals surface area contributed by atoms with Gasteiger partial charge < -0.3 is 20.1 Å². The Morgan fingerprint density at radius 1 is 0.943 bits per heavy atom. The van der Waals surface area contributed by atoms with E-state index in [1.807, 2.05) is 24.3 Å². The third-order valence-electron chi connectivity index (χ3n) is 7.76. The Morgan fingerprint density at radius 2 is 1.63 bits per heavy atom. The number of nitrogens with one attached hydrogen (secondary N) is 1. The van der Waals surface area contributed by atoms with Crippen LogP contribution in [0.2, 0.25) is 0 Å². The summed E-state index contributed by atoms with van der Waals surface area (Å²) >= 11 is 0. The summed E-state index contributed by atoms with van der Waals surface area (Å²) in [7, 11) is 0. The van der Waals surface area contributed by atoms with E-state index in [1.54, 1.807) is 4.90 Å². The fraction of sp³-hybridized carbons (Fsp3) is 0.464. The number of carboxylic acid groups (broad SMARTS) is 1. The molecule has 0 spiro atoms. The van der Waals surface area contributed by atoms with Crippen molar-refractivity contribution in [3.8, 4) is 11.1 Å². The largest absolute Gasteiger partial charge is 0.481 e. The number of hydrogen-bond donors (Lipinski definition) is 2. The van der Waals surface area contributed by atoms with Crippen molar-refractivity contribution < 1.29 is 24.2 Å². The SMILES string of the molecule is O=C(O)C[C@@H]1CCCN1C(=O)[C@@H]1CCC[C@@H](NC(=O)OCC2c3ccccc3-c3ccccc32)C1. The summed E-state index contributed by atoms with van der Waals surface area (Å²) in [5.74, 6) is -1.01. The Labute approximate surface area is 205 Å². The number of ether oxygens (including phenoxy) is 1. The number of nitrogens with zero attached hydrogens (tertiary/aromatic N) is 1. The van der Waals surface area contributed by atoms with Crippen LogP contribution in [0.25, 0.3) is 11.1 Å². The van der Waals surface area contributed by atoms with E-state index in [4.69, 9.17) is 9.84 Å². The van der Waals surface area contributed by atoms with E-state index in [1.165, 1.54) is 22.3 Å². The van der Waals surface area contributed by atoms with Crippen molar-refractivity contribution in [2.45, 2.75) is 62.9 Å². The molecular weight excluding hydrogens is 444 g/mol. The fourth-order valence-corrected chi connectivity index (χ4v) is 6.13. The van der Waals surface area contributed by atoms with Gasteiger partial charge in [0.2, 0.25) is 5.91 Å². The van der Waals surface area contributed by atoms with Gasteiger partial charge in [-0.2, -0.15) is 0 Å². The second-order valence-electron chi connectivity index (χ2n) is 9.96. The van der Waals surface area contributed by atoms with Crippen LogP contribution in [-0.2, 0) is 14.3 Å². The summed E-state index contributed by atoms with van der Waals surface area (Å²) in [6.45, 7) is 0.886. The molecule has 2 N–H and O–H groups in total. The molecule has 2 amide bonds. The predicted octanol–water partition coefficient (Wildman–Crippen LogP) is 4.55. The fourth-order valence-electron chi connectivity index (χ4n) is 6.13. The first-order chi connectivity index (χ1) is 17.0. The number of benzene rings is 2. The quantitative estimate of drug-likeness (QED) is 0.638. The Bertz CT molecular complexity index is 1070. The van der Waals surface area contributed by atoms with Crippen LogP contribution < -0.4 is 5.32 Å². The van der Waals surface area contributed by atoms with Gasteiger partial charge in [0.15, 0.2) is 0 Å². The lowest BCUT2D eigenvalue weighted by Gasteiger charge is -2.33. The lowest BCUT2D eigenvalue weighted by atomic mass is 9.84. The molecule has 1 aliphatic heterocycles.